The van der Waals surface area contributed by atoms with Crippen LogP contribution in [-0.4, -0.2) is 104 Å². The lowest BCUT2D eigenvalue weighted by Crippen LogP contribution is -2.64. The Labute approximate surface area is 392 Å². The molecular formula is C51H77O14P. The van der Waals surface area contributed by atoms with Gasteiger partial charge in [0.15, 0.2) is 11.9 Å². The summed E-state index contributed by atoms with van der Waals surface area (Å²) in [6, 6.07) is 0. The number of allylic oxidation sites excluding steroid dienone is 20. The monoisotopic (exact) mass is 945 g/mol. The van der Waals surface area contributed by atoms with Gasteiger partial charge in [0, 0.05) is 19.3 Å². The molecule has 0 bridgehead atoms. The van der Waals surface area contributed by atoms with Crippen LogP contribution in [-0.2, 0) is 37.5 Å². The molecule has 0 aromatic rings. The first kappa shape index (κ1) is 59.9. The average molecular weight is 945 g/mol. The van der Waals surface area contributed by atoms with Gasteiger partial charge in [-0.3, -0.25) is 23.4 Å². The summed E-state index contributed by atoms with van der Waals surface area (Å²) in [5.41, 5.74) is 0. The van der Waals surface area contributed by atoms with Crippen molar-refractivity contribution in [1.82, 2.24) is 0 Å². The van der Waals surface area contributed by atoms with Crippen LogP contribution in [0.3, 0.4) is 0 Å². The Morgan fingerprint density at radius 2 is 1.02 bits per heavy atom. The standard InChI is InChI=1S/C51H77O14P/c1-3-5-7-8-9-10-11-12-13-14-15-16-17-18-21-24-27-30-34-38-44(53)62-40-43(41-63-66(60,61)65-51-49(58)47(56)46(55)48(57)50(51)59)64-45(54)39-35-31-28-25-22-19-20-23-26-29-33-37-42(52)36-32-6-4-2/h5,7,9-10,12-13,15-16,18-21,25-30,33,37,43,46-51,55-59H,3-4,6,8,11,14,17,22-24,31-32,34-36,38-41H2,1-2H3,(H,60,61)/b7-5-,10-9-,13-12-,16-15-,20-19-,21-18-,28-25-,29-26-,30-27-,37-33+/t43-,46?,47-,48+,49-,50-,51?/m1/s1. The molecule has 0 amide bonds. The summed E-state index contributed by atoms with van der Waals surface area (Å²) in [4.78, 5) is 47.4. The molecule has 1 rings (SSSR count). The second-order valence-corrected chi connectivity index (χ2v) is 17.0. The number of esters is 2. The van der Waals surface area contributed by atoms with Crippen LogP contribution in [0.4, 0.5) is 0 Å². The molecule has 1 fully saturated rings. The van der Waals surface area contributed by atoms with Gasteiger partial charge in [-0.05, 0) is 83.1 Å². The molecule has 66 heavy (non-hydrogen) atoms. The number of ketones is 1. The van der Waals surface area contributed by atoms with Gasteiger partial charge in [-0.1, -0.05) is 142 Å². The van der Waals surface area contributed by atoms with Crippen LogP contribution in [0.1, 0.15) is 123 Å². The number of hydrogen-bond donors (Lipinski definition) is 6. The van der Waals surface area contributed by atoms with Crippen molar-refractivity contribution in [2.45, 2.75) is 166 Å². The highest BCUT2D eigenvalue weighted by Crippen LogP contribution is 2.47. The van der Waals surface area contributed by atoms with Crippen molar-refractivity contribution in [2.24, 2.45) is 0 Å². The Kier molecular flexibility index (Phi) is 35.4. The maximum Gasteiger partial charge on any atom is 0.472 e. The maximum atomic E-state index is 12.8. The minimum absolute atomic E-state index is 0.0102. The van der Waals surface area contributed by atoms with Gasteiger partial charge in [-0.15, -0.1) is 0 Å². The van der Waals surface area contributed by atoms with E-state index in [0.717, 1.165) is 57.8 Å². The van der Waals surface area contributed by atoms with Gasteiger partial charge in [0.05, 0.1) is 6.61 Å². The highest BCUT2D eigenvalue weighted by atomic mass is 31.2. The third-order valence-corrected chi connectivity index (χ3v) is 10.8. The Bertz CT molecular complexity index is 1670. The van der Waals surface area contributed by atoms with E-state index in [-0.39, 0.29) is 18.6 Å². The lowest BCUT2D eigenvalue weighted by molar-refractivity contribution is -0.220. The molecular weight excluding hydrogens is 868 g/mol. The van der Waals surface area contributed by atoms with Gasteiger partial charge in [-0.2, -0.15) is 0 Å². The minimum Gasteiger partial charge on any atom is -0.462 e. The van der Waals surface area contributed by atoms with Crippen molar-refractivity contribution in [1.29, 1.82) is 0 Å². The summed E-state index contributed by atoms with van der Waals surface area (Å²) in [6.07, 6.45) is 38.2. The van der Waals surface area contributed by atoms with Gasteiger partial charge >= 0.3 is 19.8 Å². The smallest absolute Gasteiger partial charge is 0.462 e. The van der Waals surface area contributed by atoms with Crippen molar-refractivity contribution in [3.8, 4) is 0 Å². The number of phosphoric acid groups is 1. The average Bonchev–Trinajstić information content (AvgIpc) is 3.29. The number of rotatable bonds is 36. The summed E-state index contributed by atoms with van der Waals surface area (Å²) >= 11 is 0. The molecule has 0 aromatic carbocycles. The molecule has 0 spiro atoms. The van der Waals surface area contributed by atoms with Crippen LogP contribution in [0.5, 0.6) is 0 Å². The molecule has 0 aliphatic heterocycles. The van der Waals surface area contributed by atoms with E-state index in [9.17, 15) is 49.4 Å². The number of phosphoric ester groups is 1. The van der Waals surface area contributed by atoms with Gasteiger partial charge in [0.2, 0.25) is 0 Å². The lowest BCUT2D eigenvalue weighted by Gasteiger charge is -2.41. The van der Waals surface area contributed by atoms with E-state index in [2.05, 4.69) is 68.5 Å². The number of carbonyl (C=O) groups is 3. The zero-order chi connectivity index (χ0) is 48.7. The van der Waals surface area contributed by atoms with E-state index in [1.54, 1.807) is 12.2 Å². The van der Waals surface area contributed by atoms with Crippen molar-refractivity contribution in [3.05, 3.63) is 122 Å². The first-order valence-corrected chi connectivity index (χ1v) is 24.8. The fourth-order valence-electron chi connectivity index (χ4n) is 6.02. The molecule has 1 aliphatic carbocycles. The molecule has 0 radical (unpaired) electrons. The zero-order valence-electron chi connectivity index (χ0n) is 38.9. The molecule has 0 aromatic heterocycles. The molecule has 370 valence electrons. The number of ether oxygens (including phenoxy) is 2. The summed E-state index contributed by atoms with van der Waals surface area (Å²) in [5, 5.41) is 50.1. The van der Waals surface area contributed by atoms with Gasteiger partial charge in [-0.25, -0.2) is 4.57 Å². The van der Waals surface area contributed by atoms with E-state index in [0.29, 0.717) is 38.5 Å². The van der Waals surface area contributed by atoms with Crippen LogP contribution < -0.4 is 0 Å². The Balaban J connectivity index is 2.58. The van der Waals surface area contributed by atoms with E-state index in [1.807, 2.05) is 54.7 Å². The van der Waals surface area contributed by atoms with E-state index >= 15 is 0 Å². The second-order valence-electron chi connectivity index (χ2n) is 15.6. The summed E-state index contributed by atoms with van der Waals surface area (Å²) in [6.45, 7) is 2.89. The van der Waals surface area contributed by atoms with Crippen LogP contribution in [0.25, 0.3) is 0 Å². The summed E-state index contributed by atoms with van der Waals surface area (Å²) in [7, 11) is -5.17. The topological polar surface area (TPSA) is 227 Å². The lowest BCUT2D eigenvalue weighted by atomic mass is 9.85. The predicted molar refractivity (Wildman–Crippen MR) is 258 cm³/mol. The number of hydrogen-bond acceptors (Lipinski definition) is 13. The third kappa shape index (κ3) is 31.0. The highest BCUT2D eigenvalue weighted by Gasteiger charge is 2.51. The molecule has 8 atom stereocenters. The highest BCUT2D eigenvalue weighted by molar-refractivity contribution is 7.47. The Morgan fingerprint density at radius 1 is 0.530 bits per heavy atom. The first-order chi connectivity index (χ1) is 31.8. The number of unbranched alkanes of at least 4 members (excludes halogenated alkanes) is 3. The van der Waals surface area contributed by atoms with Crippen LogP contribution in [0.15, 0.2) is 122 Å². The SMILES string of the molecule is CC/C=C\C/C=C\C/C=C\C/C=C\C/C=C\C/C=C\CCC(=O)OC[C@H](COP(=O)(O)OC1[C@H](O)[C@H](O)C(O)[C@H](O)[C@H]1O)OC(=O)CCC/C=C\C/C=C\C/C=C\C=C\C(=O)CCCCC. The fourth-order valence-corrected chi connectivity index (χ4v) is 7.00. The van der Waals surface area contributed by atoms with E-state index < -0.39 is 75.7 Å². The van der Waals surface area contributed by atoms with Crippen molar-refractivity contribution in [2.75, 3.05) is 13.2 Å². The third-order valence-electron chi connectivity index (χ3n) is 9.78. The Hall–Kier alpha value is -4.08. The van der Waals surface area contributed by atoms with Crippen molar-refractivity contribution in [3.63, 3.8) is 0 Å². The van der Waals surface area contributed by atoms with Crippen LogP contribution in [0, 0.1) is 0 Å². The summed E-state index contributed by atoms with van der Waals surface area (Å²) in [5.74, 6) is -1.18. The molecule has 0 saturated heterocycles. The van der Waals surface area contributed by atoms with Gasteiger partial charge in [0.25, 0.3) is 0 Å². The molecule has 14 nitrogen and oxygen atoms in total. The minimum atomic E-state index is -5.17. The van der Waals surface area contributed by atoms with Gasteiger partial charge < -0.3 is 39.9 Å². The van der Waals surface area contributed by atoms with Gasteiger partial charge in [0.1, 0.15) is 43.2 Å². The quantitative estimate of drug-likeness (QED) is 0.00864. The van der Waals surface area contributed by atoms with Crippen LogP contribution in [0.2, 0.25) is 0 Å². The van der Waals surface area contributed by atoms with E-state index in [1.165, 1.54) is 0 Å². The number of carbonyl (C=O) groups excluding carboxylic acids is 3. The normalized spacial score (nSPS) is 22.3. The maximum absolute atomic E-state index is 12.8. The molecule has 1 saturated carbocycles. The molecule has 0 heterocycles. The van der Waals surface area contributed by atoms with Crippen molar-refractivity contribution >= 4 is 25.5 Å². The van der Waals surface area contributed by atoms with E-state index in [4.69, 9.17) is 18.5 Å². The first-order valence-electron chi connectivity index (χ1n) is 23.3. The second kappa shape index (κ2) is 39.0. The zero-order valence-corrected chi connectivity index (χ0v) is 39.8. The number of aliphatic hydroxyl groups is 5. The van der Waals surface area contributed by atoms with Crippen LogP contribution >= 0.6 is 7.82 Å². The summed E-state index contributed by atoms with van der Waals surface area (Å²) < 4.78 is 33.3. The molecule has 6 N–H and O–H groups in total. The fraction of sp³-hybridized carbons (Fsp3) is 0.549. The van der Waals surface area contributed by atoms with Crippen molar-refractivity contribution < 1.29 is 67.9 Å². The molecule has 3 unspecified atom stereocenters. The predicted octanol–water partition coefficient (Wildman–Crippen LogP) is 8.56. The molecule has 1 aliphatic rings. The largest absolute Gasteiger partial charge is 0.472 e. The Morgan fingerprint density at radius 3 is 1.55 bits per heavy atom. The number of aliphatic hydroxyl groups excluding tert-OH is 5. The molecule has 15 heteroatoms.